The standard InChI is InChI=1S/C10H12BrN3O2S/c1-5-6(10(16-3)14(2)13-5)7(15)8-9(11)12-4-17-8/h4,7,15H,1-3H3. The Kier molecular flexibility index (Phi) is 3.50. The van der Waals surface area contributed by atoms with Gasteiger partial charge in [0.15, 0.2) is 0 Å². The van der Waals surface area contributed by atoms with Crippen LogP contribution in [0.2, 0.25) is 0 Å². The van der Waals surface area contributed by atoms with E-state index in [1.807, 2.05) is 6.92 Å². The highest BCUT2D eigenvalue weighted by molar-refractivity contribution is 9.10. The molecule has 0 amide bonds. The van der Waals surface area contributed by atoms with Crippen molar-refractivity contribution in [2.24, 2.45) is 7.05 Å². The van der Waals surface area contributed by atoms with Crippen LogP contribution in [0.3, 0.4) is 0 Å². The lowest BCUT2D eigenvalue weighted by Gasteiger charge is -2.10. The second-order valence-electron chi connectivity index (χ2n) is 3.54. The molecular formula is C10H12BrN3O2S. The van der Waals surface area contributed by atoms with Gasteiger partial charge in [-0.25, -0.2) is 9.67 Å². The van der Waals surface area contributed by atoms with Crippen molar-refractivity contribution < 1.29 is 9.84 Å². The summed E-state index contributed by atoms with van der Waals surface area (Å²) in [4.78, 5) is 4.81. The number of aliphatic hydroxyl groups is 1. The third-order valence-electron chi connectivity index (χ3n) is 2.48. The predicted molar refractivity (Wildman–Crippen MR) is 68.4 cm³/mol. The lowest BCUT2D eigenvalue weighted by atomic mass is 10.1. The number of aliphatic hydroxyl groups excluding tert-OH is 1. The Morgan fingerprint density at radius 2 is 2.29 bits per heavy atom. The Morgan fingerprint density at radius 1 is 1.59 bits per heavy atom. The highest BCUT2D eigenvalue weighted by atomic mass is 79.9. The number of methoxy groups -OCH3 is 1. The van der Waals surface area contributed by atoms with Gasteiger partial charge in [0.1, 0.15) is 10.7 Å². The average molecular weight is 318 g/mol. The zero-order valence-corrected chi connectivity index (χ0v) is 12.0. The molecule has 0 radical (unpaired) electrons. The Morgan fingerprint density at radius 3 is 2.82 bits per heavy atom. The molecule has 5 nitrogen and oxygen atoms in total. The van der Waals surface area contributed by atoms with E-state index in [1.54, 1.807) is 24.3 Å². The van der Waals surface area contributed by atoms with E-state index in [9.17, 15) is 5.11 Å². The van der Waals surface area contributed by atoms with E-state index in [-0.39, 0.29) is 0 Å². The van der Waals surface area contributed by atoms with Crippen molar-refractivity contribution in [2.75, 3.05) is 7.11 Å². The Labute approximate surface area is 111 Å². The Balaban J connectivity index is 2.50. The third kappa shape index (κ3) is 2.10. The molecule has 1 N–H and O–H groups in total. The maximum Gasteiger partial charge on any atom is 0.217 e. The summed E-state index contributed by atoms with van der Waals surface area (Å²) >= 11 is 4.70. The predicted octanol–water partition coefficient (Wildman–Crippen LogP) is 2.04. The summed E-state index contributed by atoms with van der Waals surface area (Å²) in [5, 5.41) is 14.6. The van der Waals surface area contributed by atoms with Crippen LogP contribution in [0, 0.1) is 6.92 Å². The molecule has 0 saturated carbocycles. The lowest BCUT2D eigenvalue weighted by Crippen LogP contribution is -2.02. The summed E-state index contributed by atoms with van der Waals surface area (Å²) in [5.41, 5.74) is 3.11. The van der Waals surface area contributed by atoms with Gasteiger partial charge in [0.05, 0.1) is 28.8 Å². The minimum absolute atomic E-state index is 0.565. The molecule has 2 heterocycles. The molecule has 7 heteroatoms. The fourth-order valence-corrected chi connectivity index (χ4v) is 3.16. The number of halogens is 1. The van der Waals surface area contributed by atoms with Crippen LogP contribution in [0.15, 0.2) is 10.1 Å². The number of rotatable bonds is 3. The van der Waals surface area contributed by atoms with Gasteiger partial charge in [0.25, 0.3) is 0 Å². The number of nitrogens with zero attached hydrogens (tertiary/aromatic N) is 3. The first kappa shape index (κ1) is 12.5. The molecule has 0 aliphatic carbocycles. The van der Waals surface area contributed by atoms with Crippen LogP contribution in [-0.4, -0.2) is 27.0 Å². The summed E-state index contributed by atoms with van der Waals surface area (Å²) in [6.07, 6.45) is -0.777. The number of ether oxygens (including phenoxy) is 1. The van der Waals surface area contributed by atoms with Gasteiger partial charge in [0.2, 0.25) is 5.88 Å². The quantitative estimate of drug-likeness (QED) is 0.941. The van der Waals surface area contributed by atoms with Gasteiger partial charge in [0, 0.05) is 7.05 Å². The van der Waals surface area contributed by atoms with E-state index in [0.29, 0.717) is 16.0 Å². The van der Waals surface area contributed by atoms with Crippen molar-refractivity contribution in [1.29, 1.82) is 0 Å². The van der Waals surface area contributed by atoms with Gasteiger partial charge in [-0.3, -0.25) is 0 Å². The van der Waals surface area contributed by atoms with Gasteiger partial charge >= 0.3 is 0 Å². The Hall–Kier alpha value is -0.920. The van der Waals surface area contributed by atoms with Crippen molar-refractivity contribution in [1.82, 2.24) is 14.8 Å². The smallest absolute Gasteiger partial charge is 0.217 e. The van der Waals surface area contributed by atoms with Crippen LogP contribution in [0.4, 0.5) is 0 Å². The first-order valence-electron chi connectivity index (χ1n) is 4.90. The van der Waals surface area contributed by atoms with Gasteiger partial charge in [-0.1, -0.05) is 0 Å². The molecule has 0 aliphatic rings. The average Bonchev–Trinajstić information content (AvgIpc) is 2.81. The fourth-order valence-electron chi connectivity index (χ4n) is 1.76. The second-order valence-corrected chi connectivity index (χ2v) is 5.18. The van der Waals surface area contributed by atoms with E-state index in [4.69, 9.17) is 4.74 Å². The fraction of sp³-hybridized carbons (Fsp3) is 0.400. The van der Waals surface area contributed by atoms with E-state index in [0.717, 1.165) is 10.6 Å². The van der Waals surface area contributed by atoms with Crippen molar-refractivity contribution >= 4 is 27.3 Å². The zero-order chi connectivity index (χ0) is 12.6. The van der Waals surface area contributed by atoms with Crippen LogP contribution in [0.1, 0.15) is 22.2 Å². The molecular weight excluding hydrogens is 306 g/mol. The third-order valence-corrected chi connectivity index (χ3v) is 4.25. The first-order valence-corrected chi connectivity index (χ1v) is 6.58. The number of aromatic nitrogens is 3. The zero-order valence-electron chi connectivity index (χ0n) is 9.64. The van der Waals surface area contributed by atoms with Crippen LogP contribution in [-0.2, 0) is 7.05 Å². The normalized spacial score (nSPS) is 12.8. The monoisotopic (exact) mass is 317 g/mol. The minimum Gasteiger partial charge on any atom is -0.481 e. The molecule has 0 aromatic carbocycles. The highest BCUT2D eigenvalue weighted by Gasteiger charge is 2.25. The van der Waals surface area contributed by atoms with Crippen LogP contribution >= 0.6 is 27.3 Å². The van der Waals surface area contributed by atoms with Gasteiger partial charge < -0.3 is 9.84 Å². The molecule has 0 saturated heterocycles. The molecule has 2 aromatic rings. The minimum atomic E-state index is -0.777. The molecule has 0 bridgehead atoms. The molecule has 2 aromatic heterocycles. The summed E-state index contributed by atoms with van der Waals surface area (Å²) in [7, 11) is 3.35. The van der Waals surface area contributed by atoms with Crippen molar-refractivity contribution in [3.63, 3.8) is 0 Å². The van der Waals surface area contributed by atoms with Crippen LogP contribution < -0.4 is 4.74 Å². The maximum atomic E-state index is 10.4. The van der Waals surface area contributed by atoms with Crippen LogP contribution in [0.5, 0.6) is 5.88 Å². The number of aryl methyl sites for hydroxylation is 2. The molecule has 17 heavy (non-hydrogen) atoms. The lowest BCUT2D eigenvalue weighted by molar-refractivity contribution is 0.215. The van der Waals surface area contributed by atoms with Gasteiger partial charge in [-0.15, -0.1) is 11.3 Å². The van der Waals surface area contributed by atoms with Crippen LogP contribution in [0.25, 0.3) is 0 Å². The van der Waals surface area contributed by atoms with Gasteiger partial charge in [-0.2, -0.15) is 5.10 Å². The van der Waals surface area contributed by atoms with E-state index in [1.165, 1.54) is 11.3 Å². The molecule has 1 unspecified atom stereocenters. The summed E-state index contributed by atoms with van der Waals surface area (Å²) in [6, 6.07) is 0. The first-order chi connectivity index (χ1) is 8.06. The van der Waals surface area contributed by atoms with E-state index < -0.39 is 6.10 Å². The topological polar surface area (TPSA) is 60.2 Å². The molecule has 0 spiro atoms. The summed E-state index contributed by atoms with van der Waals surface area (Å²) < 4.78 is 7.53. The van der Waals surface area contributed by atoms with Crippen molar-refractivity contribution in [3.05, 3.63) is 26.2 Å². The Bertz CT molecular complexity index is 538. The largest absolute Gasteiger partial charge is 0.481 e. The SMILES string of the molecule is COc1c(C(O)c2scnc2Br)c(C)nn1C. The molecule has 2 rings (SSSR count). The number of thiazole rings is 1. The second kappa shape index (κ2) is 4.75. The molecule has 92 valence electrons. The molecule has 1 atom stereocenters. The van der Waals surface area contributed by atoms with E-state index >= 15 is 0 Å². The molecule has 0 aliphatic heterocycles. The maximum absolute atomic E-state index is 10.4. The number of hydrogen-bond donors (Lipinski definition) is 1. The summed E-state index contributed by atoms with van der Waals surface area (Å²) in [5.74, 6) is 0.565. The summed E-state index contributed by atoms with van der Waals surface area (Å²) in [6.45, 7) is 1.84. The highest BCUT2D eigenvalue weighted by Crippen LogP contribution is 2.36. The van der Waals surface area contributed by atoms with Crippen molar-refractivity contribution in [2.45, 2.75) is 13.0 Å². The van der Waals surface area contributed by atoms with E-state index in [2.05, 4.69) is 26.0 Å². The number of hydrogen-bond acceptors (Lipinski definition) is 5. The molecule has 0 fully saturated rings. The van der Waals surface area contributed by atoms with Gasteiger partial charge in [-0.05, 0) is 22.9 Å². The van der Waals surface area contributed by atoms with Crippen molar-refractivity contribution in [3.8, 4) is 5.88 Å².